The zero-order chi connectivity index (χ0) is 10.3. The van der Waals surface area contributed by atoms with Crippen LogP contribution in [0.5, 0.6) is 0 Å². The fourth-order valence-electron chi connectivity index (χ4n) is 2.08. The zero-order valence-corrected chi connectivity index (χ0v) is 8.14. The Morgan fingerprint density at radius 2 is 1.53 bits per heavy atom. The Morgan fingerprint density at radius 1 is 0.867 bits per heavy atom. The molecule has 72 valence electrons. The van der Waals surface area contributed by atoms with Crippen LogP contribution in [0.3, 0.4) is 0 Å². The van der Waals surface area contributed by atoms with Crippen molar-refractivity contribution in [1.82, 2.24) is 0 Å². The van der Waals surface area contributed by atoms with Crippen molar-refractivity contribution < 1.29 is 0 Å². The molecule has 0 atom stereocenters. The third-order valence-corrected chi connectivity index (χ3v) is 2.77. The van der Waals surface area contributed by atoms with E-state index < -0.39 is 0 Å². The molecule has 2 nitrogen and oxygen atoms in total. The number of hydrazone groups is 1. The number of fused-ring (bicyclic) bond motifs is 4. The minimum atomic E-state index is 1.05. The number of hydrogen-bond donors (Lipinski definition) is 1. The first kappa shape index (κ1) is 8.24. The Hall–Kier alpha value is -2.09. The number of nitrogens with two attached hydrogens (primary N) is 1. The van der Waals surface area contributed by atoms with Gasteiger partial charge in [-0.15, -0.1) is 0 Å². The monoisotopic (exact) mass is 194 g/mol. The van der Waals surface area contributed by atoms with E-state index in [2.05, 4.69) is 41.5 Å². The maximum atomic E-state index is 5.13. The molecular formula is C13H10N2. The summed E-state index contributed by atoms with van der Waals surface area (Å²) in [5.74, 6) is 5.13. The fourth-order valence-corrected chi connectivity index (χ4v) is 2.08. The van der Waals surface area contributed by atoms with Crippen molar-refractivity contribution in [2.24, 2.45) is 10.9 Å². The highest BCUT2D eigenvalue weighted by atomic mass is 15.1. The average Bonchev–Trinajstić information content (AvgIpc) is 2.27. The second-order valence-corrected chi connectivity index (χ2v) is 3.63. The Labute approximate surface area is 88.1 Å². The lowest BCUT2D eigenvalue weighted by atomic mass is 9.80. The van der Waals surface area contributed by atoms with Crippen LogP contribution in [0.1, 0.15) is 5.56 Å². The Bertz CT molecular complexity index is 556. The number of nitrogens with zero attached hydrogens (tertiary/aromatic N) is 1. The summed E-state index contributed by atoms with van der Waals surface area (Å²) in [6, 6.07) is 14.7. The van der Waals surface area contributed by atoms with Crippen LogP contribution in [-0.2, 0) is 0 Å². The smallest absolute Gasteiger partial charge is 0.0538 e. The molecule has 0 saturated carbocycles. The average molecular weight is 194 g/mol. The lowest BCUT2D eigenvalue weighted by molar-refractivity contribution is 1.26. The lowest BCUT2D eigenvalue weighted by Crippen LogP contribution is -1.99. The molecule has 2 aromatic carbocycles. The van der Waals surface area contributed by atoms with E-state index in [9.17, 15) is 0 Å². The molecule has 0 spiro atoms. The van der Waals surface area contributed by atoms with Crippen LogP contribution < -0.4 is 5.84 Å². The molecule has 15 heavy (non-hydrogen) atoms. The van der Waals surface area contributed by atoms with Crippen LogP contribution in [-0.4, -0.2) is 6.21 Å². The van der Waals surface area contributed by atoms with Crippen molar-refractivity contribution >= 4 is 6.21 Å². The maximum absolute atomic E-state index is 5.13. The van der Waals surface area contributed by atoms with Gasteiger partial charge in [0.15, 0.2) is 0 Å². The second kappa shape index (κ2) is 2.95. The van der Waals surface area contributed by atoms with Crippen molar-refractivity contribution in [1.29, 1.82) is 0 Å². The highest BCUT2D eigenvalue weighted by molar-refractivity contribution is 6.03. The topological polar surface area (TPSA) is 38.4 Å². The van der Waals surface area contributed by atoms with E-state index in [1.165, 1.54) is 22.3 Å². The first-order valence-corrected chi connectivity index (χ1v) is 4.87. The Kier molecular flexibility index (Phi) is 1.62. The molecule has 0 bridgehead atoms. The summed E-state index contributed by atoms with van der Waals surface area (Å²) in [4.78, 5) is 0. The molecule has 2 heteroatoms. The molecule has 0 saturated heterocycles. The second-order valence-electron chi connectivity index (χ2n) is 3.63. The van der Waals surface area contributed by atoms with Gasteiger partial charge >= 0.3 is 0 Å². The quantitative estimate of drug-likeness (QED) is 0.361. The number of hydrogen-bond acceptors (Lipinski definition) is 2. The largest absolute Gasteiger partial charge is 0.323 e. The summed E-state index contributed by atoms with van der Waals surface area (Å²) >= 11 is 0. The van der Waals surface area contributed by atoms with Crippen molar-refractivity contribution in [2.75, 3.05) is 0 Å². The van der Waals surface area contributed by atoms with E-state index in [0.29, 0.717) is 0 Å². The molecule has 0 unspecified atom stereocenters. The molecule has 0 fully saturated rings. The lowest BCUT2D eigenvalue weighted by Gasteiger charge is -2.23. The summed E-state index contributed by atoms with van der Waals surface area (Å²) in [7, 11) is 0. The molecule has 1 aliphatic rings. The van der Waals surface area contributed by atoms with Crippen molar-refractivity contribution in [3.05, 3.63) is 48.0 Å². The predicted molar refractivity (Wildman–Crippen MR) is 62.7 cm³/mol. The molecule has 1 aliphatic carbocycles. The highest BCUT2D eigenvalue weighted by Gasteiger charge is 2.20. The molecule has 0 aromatic heterocycles. The Morgan fingerprint density at radius 3 is 2.27 bits per heavy atom. The highest BCUT2D eigenvalue weighted by Crippen LogP contribution is 2.46. The zero-order valence-electron chi connectivity index (χ0n) is 8.14. The van der Waals surface area contributed by atoms with Crippen LogP contribution in [0, 0.1) is 0 Å². The van der Waals surface area contributed by atoms with Gasteiger partial charge in [-0.1, -0.05) is 36.4 Å². The van der Waals surface area contributed by atoms with Gasteiger partial charge in [0.25, 0.3) is 0 Å². The molecule has 0 aliphatic heterocycles. The van der Waals surface area contributed by atoms with E-state index >= 15 is 0 Å². The van der Waals surface area contributed by atoms with Gasteiger partial charge in [0, 0.05) is 0 Å². The third-order valence-electron chi connectivity index (χ3n) is 2.77. The van der Waals surface area contributed by atoms with E-state index in [0.717, 1.165) is 5.56 Å². The van der Waals surface area contributed by atoms with E-state index in [1.807, 2.05) is 6.07 Å². The number of rotatable bonds is 1. The predicted octanol–water partition coefficient (Wildman–Crippen LogP) is 2.63. The summed E-state index contributed by atoms with van der Waals surface area (Å²) in [5, 5.41) is 3.53. The van der Waals surface area contributed by atoms with Crippen LogP contribution in [0.15, 0.2) is 47.6 Å². The maximum Gasteiger partial charge on any atom is 0.0538 e. The molecule has 0 radical (unpaired) electrons. The molecule has 3 rings (SSSR count). The summed E-state index contributed by atoms with van der Waals surface area (Å²) in [5.41, 5.74) is 6.32. The van der Waals surface area contributed by atoms with Crippen molar-refractivity contribution in [3.63, 3.8) is 0 Å². The van der Waals surface area contributed by atoms with Gasteiger partial charge in [-0.3, -0.25) is 0 Å². The first-order chi connectivity index (χ1) is 7.40. The van der Waals surface area contributed by atoms with E-state index in [4.69, 9.17) is 5.84 Å². The Balaban J connectivity index is 2.15. The van der Waals surface area contributed by atoms with Crippen molar-refractivity contribution in [3.8, 4) is 22.3 Å². The third kappa shape index (κ3) is 1.08. The minimum absolute atomic E-state index is 1.05. The summed E-state index contributed by atoms with van der Waals surface area (Å²) in [6.45, 7) is 0. The minimum Gasteiger partial charge on any atom is -0.323 e. The SMILES string of the molecule is N/N=C/c1ccc2c(c1)-c1ccccc1-2. The van der Waals surface area contributed by atoms with Gasteiger partial charge in [0.05, 0.1) is 6.21 Å². The van der Waals surface area contributed by atoms with Crippen molar-refractivity contribution in [2.45, 2.75) is 0 Å². The van der Waals surface area contributed by atoms with Crippen LogP contribution in [0.4, 0.5) is 0 Å². The molecule has 2 aromatic rings. The van der Waals surface area contributed by atoms with Gasteiger partial charge < -0.3 is 5.84 Å². The molecule has 0 heterocycles. The van der Waals surface area contributed by atoms with E-state index in [1.54, 1.807) is 6.21 Å². The van der Waals surface area contributed by atoms with E-state index in [-0.39, 0.29) is 0 Å². The molecule has 2 N–H and O–H groups in total. The van der Waals surface area contributed by atoms with Crippen LogP contribution in [0.2, 0.25) is 0 Å². The van der Waals surface area contributed by atoms with Gasteiger partial charge in [-0.05, 0) is 33.9 Å². The van der Waals surface area contributed by atoms with Crippen LogP contribution in [0.25, 0.3) is 22.3 Å². The molecular weight excluding hydrogens is 184 g/mol. The van der Waals surface area contributed by atoms with Gasteiger partial charge in [-0.25, -0.2) is 0 Å². The summed E-state index contributed by atoms with van der Waals surface area (Å²) in [6.07, 6.45) is 1.67. The normalized spacial score (nSPS) is 12.0. The summed E-state index contributed by atoms with van der Waals surface area (Å²) < 4.78 is 0. The number of benzene rings is 2. The molecule has 0 amide bonds. The van der Waals surface area contributed by atoms with Gasteiger partial charge in [-0.2, -0.15) is 5.10 Å². The standard InChI is InChI=1S/C13H10N2/c14-15-8-9-5-6-12-10-3-1-2-4-11(10)13(12)7-9/h1-8H,14H2/b15-8+. The van der Waals surface area contributed by atoms with Gasteiger partial charge in [0.1, 0.15) is 0 Å². The fraction of sp³-hybridized carbons (Fsp3) is 0. The van der Waals surface area contributed by atoms with Gasteiger partial charge in [0.2, 0.25) is 0 Å². The van der Waals surface area contributed by atoms with Crippen LogP contribution >= 0.6 is 0 Å². The first-order valence-electron chi connectivity index (χ1n) is 4.87.